The molecule has 4 heteroatoms. The van der Waals surface area contributed by atoms with Crippen LogP contribution in [0.15, 0.2) is 35.2 Å². The van der Waals surface area contributed by atoms with Crippen LogP contribution < -0.4 is 0 Å². The molecule has 1 aromatic carbocycles. The van der Waals surface area contributed by atoms with Gasteiger partial charge < -0.3 is 4.74 Å². The molecule has 1 saturated heterocycles. The molecule has 1 aliphatic rings. The Hall–Kier alpha value is -0.870. The molecule has 0 aliphatic carbocycles. The zero-order chi connectivity index (χ0) is 11.6. The summed E-state index contributed by atoms with van der Waals surface area (Å²) in [6.07, 6.45) is 0.895. The van der Waals surface area contributed by atoms with Gasteiger partial charge in [0.15, 0.2) is 9.84 Å². The van der Waals surface area contributed by atoms with E-state index in [0.717, 1.165) is 6.42 Å². The van der Waals surface area contributed by atoms with E-state index in [-0.39, 0.29) is 17.8 Å². The predicted molar refractivity (Wildman–Crippen MR) is 62.0 cm³/mol. The quantitative estimate of drug-likeness (QED) is 0.810. The summed E-state index contributed by atoms with van der Waals surface area (Å²) in [4.78, 5) is 0.411. The van der Waals surface area contributed by atoms with Gasteiger partial charge in [-0.05, 0) is 25.5 Å². The van der Waals surface area contributed by atoms with Crippen LogP contribution in [0.25, 0.3) is 0 Å². The molecule has 1 fully saturated rings. The summed E-state index contributed by atoms with van der Waals surface area (Å²) in [5.41, 5.74) is 0. The van der Waals surface area contributed by atoms with Gasteiger partial charge in [-0.1, -0.05) is 18.2 Å². The van der Waals surface area contributed by atoms with Crippen molar-refractivity contribution in [1.29, 1.82) is 0 Å². The molecule has 2 rings (SSSR count). The number of benzene rings is 1. The van der Waals surface area contributed by atoms with E-state index in [1.807, 2.05) is 13.0 Å². The molecule has 0 saturated carbocycles. The second-order valence-electron chi connectivity index (χ2n) is 4.22. The van der Waals surface area contributed by atoms with Gasteiger partial charge in [0.05, 0.1) is 16.8 Å². The van der Waals surface area contributed by atoms with E-state index in [1.165, 1.54) is 0 Å². The van der Waals surface area contributed by atoms with Crippen LogP contribution in [0.4, 0.5) is 0 Å². The first kappa shape index (κ1) is 11.6. The predicted octanol–water partition coefficient (Wildman–Crippen LogP) is 1.89. The third-order valence-electron chi connectivity index (χ3n) is 3.07. The largest absolute Gasteiger partial charge is 0.378 e. The van der Waals surface area contributed by atoms with Crippen molar-refractivity contribution in [3.63, 3.8) is 0 Å². The van der Waals surface area contributed by atoms with Gasteiger partial charge in [-0.15, -0.1) is 0 Å². The molecular weight excluding hydrogens is 224 g/mol. The Morgan fingerprint density at radius 2 is 2.00 bits per heavy atom. The van der Waals surface area contributed by atoms with E-state index in [0.29, 0.717) is 11.5 Å². The van der Waals surface area contributed by atoms with E-state index in [1.54, 1.807) is 24.3 Å². The molecule has 0 spiro atoms. The number of hydrogen-bond donors (Lipinski definition) is 0. The van der Waals surface area contributed by atoms with Gasteiger partial charge in [-0.3, -0.25) is 0 Å². The van der Waals surface area contributed by atoms with Crippen LogP contribution in [-0.4, -0.2) is 26.9 Å². The van der Waals surface area contributed by atoms with E-state index >= 15 is 0 Å². The second-order valence-corrected chi connectivity index (χ2v) is 6.25. The topological polar surface area (TPSA) is 43.4 Å². The first-order chi connectivity index (χ1) is 7.59. The Morgan fingerprint density at radius 3 is 2.56 bits per heavy atom. The lowest BCUT2D eigenvalue weighted by atomic mass is 10.1. The van der Waals surface area contributed by atoms with Gasteiger partial charge in [0.1, 0.15) is 0 Å². The summed E-state index contributed by atoms with van der Waals surface area (Å²) in [5.74, 6) is 0.322. The monoisotopic (exact) mass is 240 g/mol. The van der Waals surface area contributed by atoms with Crippen LogP contribution >= 0.6 is 0 Å². The highest BCUT2D eigenvalue weighted by molar-refractivity contribution is 7.91. The molecule has 2 atom stereocenters. The molecule has 1 aliphatic heterocycles. The van der Waals surface area contributed by atoms with Crippen molar-refractivity contribution in [3.8, 4) is 0 Å². The molecule has 0 aromatic heterocycles. The van der Waals surface area contributed by atoms with Crippen molar-refractivity contribution in [2.45, 2.75) is 24.3 Å². The van der Waals surface area contributed by atoms with Crippen molar-refractivity contribution in [2.75, 3.05) is 12.4 Å². The Balaban J connectivity index is 2.15. The van der Waals surface area contributed by atoms with Crippen molar-refractivity contribution < 1.29 is 13.2 Å². The summed E-state index contributed by atoms with van der Waals surface area (Å²) >= 11 is 0. The lowest BCUT2D eigenvalue weighted by molar-refractivity contribution is 0.110. The van der Waals surface area contributed by atoms with Gasteiger partial charge in [0.2, 0.25) is 0 Å². The average Bonchev–Trinajstić information content (AvgIpc) is 2.65. The molecule has 1 unspecified atom stereocenters. The van der Waals surface area contributed by atoms with Gasteiger partial charge in [0.25, 0.3) is 0 Å². The van der Waals surface area contributed by atoms with E-state index < -0.39 is 9.84 Å². The Kier molecular flexibility index (Phi) is 3.30. The fourth-order valence-corrected chi connectivity index (χ4v) is 3.77. The van der Waals surface area contributed by atoms with Crippen LogP contribution in [0.5, 0.6) is 0 Å². The zero-order valence-electron chi connectivity index (χ0n) is 9.30. The highest BCUT2D eigenvalue weighted by Crippen LogP contribution is 2.24. The SMILES string of the molecule is C[C@@H]1OCCC1CS(=O)(=O)c1ccccc1. The number of ether oxygens (including phenoxy) is 1. The van der Waals surface area contributed by atoms with Gasteiger partial charge in [-0.2, -0.15) is 0 Å². The summed E-state index contributed by atoms with van der Waals surface area (Å²) < 4.78 is 29.5. The van der Waals surface area contributed by atoms with Gasteiger partial charge in [0, 0.05) is 12.5 Å². The lowest BCUT2D eigenvalue weighted by Crippen LogP contribution is -2.21. The molecule has 3 nitrogen and oxygen atoms in total. The normalized spacial score (nSPS) is 25.8. The highest BCUT2D eigenvalue weighted by Gasteiger charge is 2.29. The number of hydrogen-bond acceptors (Lipinski definition) is 3. The third-order valence-corrected chi connectivity index (χ3v) is 4.93. The minimum atomic E-state index is -3.16. The fourth-order valence-electron chi connectivity index (χ4n) is 2.00. The maximum absolute atomic E-state index is 12.1. The smallest absolute Gasteiger partial charge is 0.178 e. The Labute approximate surface area is 96.4 Å². The summed E-state index contributed by atoms with van der Waals surface area (Å²) in [7, 11) is -3.16. The minimum Gasteiger partial charge on any atom is -0.378 e. The van der Waals surface area contributed by atoms with Crippen molar-refractivity contribution in [2.24, 2.45) is 5.92 Å². The van der Waals surface area contributed by atoms with Crippen molar-refractivity contribution in [1.82, 2.24) is 0 Å². The van der Waals surface area contributed by atoms with Gasteiger partial charge in [-0.25, -0.2) is 8.42 Å². The summed E-state index contributed by atoms with van der Waals surface area (Å²) in [5, 5.41) is 0. The standard InChI is InChI=1S/C12H16O3S/c1-10-11(7-8-15-10)9-16(13,14)12-5-3-2-4-6-12/h2-6,10-11H,7-9H2,1H3/t10-,11?/m0/s1. The summed E-state index contributed by atoms with van der Waals surface area (Å²) in [6, 6.07) is 8.62. The molecular formula is C12H16O3S. The first-order valence-electron chi connectivity index (χ1n) is 5.49. The molecule has 88 valence electrons. The van der Waals surface area contributed by atoms with Gasteiger partial charge >= 0.3 is 0 Å². The van der Waals surface area contributed by atoms with Crippen LogP contribution in [0, 0.1) is 5.92 Å². The van der Waals surface area contributed by atoms with E-state index in [2.05, 4.69) is 0 Å². The van der Waals surface area contributed by atoms with Crippen LogP contribution in [0.1, 0.15) is 13.3 Å². The molecule has 1 heterocycles. The molecule has 0 amide bonds. The van der Waals surface area contributed by atoms with Crippen LogP contribution in [0.3, 0.4) is 0 Å². The van der Waals surface area contributed by atoms with Crippen LogP contribution in [-0.2, 0) is 14.6 Å². The summed E-state index contributed by atoms with van der Waals surface area (Å²) in [6.45, 7) is 2.62. The fraction of sp³-hybridized carbons (Fsp3) is 0.500. The molecule has 0 N–H and O–H groups in total. The average molecular weight is 240 g/mol. The zero-order valence-corrected chi connectivity index (χ0v) is 10.1. The third kappa shape index (κ3) is 2.44. The Morgan fingerprint density at radius 1 is 1.31 bits per heavy atom. The first-order valence-corrected chi connectivity index (χ1v) is 7.14. The Bertz CT molecular complexity index is 439. The highest BCUT2D eigenvalue weighted by atomic mass is 32.2. The minimum absolute atomic E-state index is 0.0542. The van der Waals surface area contributed by atoms with Crippen LogP contribution in [0.2, 0.25) is 0 Å². The lowest BCUT2D eigenvalue weighted by Gasteiger charge is -2.13. The maximum atomic E-state index is 12.1. The van der Waals surface area contributed by atoms with E-state index in [4.69, 9.17) is 4.74 Å². The van der Waals surface area contributed by atoms with Crippen molar-refractivity contribution >= 4 is 9.84 Å². The molecule has 0 radical (unpaired) electrons. The number of sulfone groups is 1. The number of rotatable bonds is 3. The second kappa shape index (κ2) is 4.55. The van der Waals surface area contributed by atoms with Crippen molar-refractivity contribution in [3.05, 3.63) is 30.3 Å². The molecule has 0 bridgehead atoms. The molecule has 16 heavy (non-hydrogen) atoms. The van der Waals surface area contributed by atoms with E-state index in [9.17, 15) is 8.42 Å². The maximum Gasteiger partial charge on any atom is 0.178 e. The molecule has 1 aromatic rings.